The van der Waals surface area contributed by atoms with Crippen LogP contribution in [0.25, 0.3) is 0 Å². The first-order chi connectivity index (χ1) is 8.74. The lowest BCUT2D eigenvalue weighted by Crippen LogP contribution is -2.30. The van der Waals surface area contributed by atoms with Crippen LogP contribution in [0.3, 0.4) is 0 Å². The van der Waals surface area contributed by atoms with Crippen LogP contribution in [0.4, 0.5) is 0 Å². The monoisotopic (exact) mass is 250 g/mol. The maximum absolute atomic E-state index is 5.66. The van der Waals surface area contributed by atoms with Crippen molar-refractivity contribution in [1.82, 2.24) is 0 Å². The highest BCUT2D eigenvalue weighted by Gasteiger charge is 2.18. The Morgan fingerprint density at radius 2 is 1.83 bits per heavy atom. The van der Waals surface area contributed by atoms with Crippen LogP contribution in [0.2, 0.25) is 0 Å². The Kier molecular flexibility index (Phi) is 5.02. The van der Waals surface area contributed by atoms with Crippen LogP contribution in [0, 0.1) is 12.8 Å². The molecular formula is C15H22O3. The van der Waals surface area contributed by atoms with E-state index in [0.717, 1.165) is 31.8 Å². The molecule has 3 nitrogen and oxygen atoms in total. The maximum Gasteiger partial charge on any atom is 0.157 e. The zero-order valence-corrected chi connectivity index (χ0v) is 11.2. The largest absolute Gasteiger partial charge is 0.494 e. The predicted octanol–water partition coefficient (Wildman–Crippen LogP) is 3.16. The lowest BCUT2D eigenvalue weighted by atomic mass is 10.2. The van der Waals surface area contributed by atoms with Crippen LogP contribution in [-0.4, -0.2) is 26.1 Å². The Bertz CT molecular complexity index is 339. The van der Waals surface area contributed by atoms with Crippen LogP contribution in [0.1, 0.15) is 25.3 Å². The second-order valence-electron chi connectivity index (χ2n) is 5.01. The molecule has 1 aliphatic rings. The van der Waals surface area contributed by atoms with E-state index in [2.05, 4.69) is 26.0 Å². The van der Waals surface area contributed by atoms with Crippen LogP contribution < -0.4 is 4.74 Å². The summed E-state index contributed by atoms with van der Waals surface area (Å²) in [6.45, 7) is 6.54. The Morgan fingerprint density at radius 1 is 1.17 bits per heavy atom. The van der Waals surface area contributed by atoms with E-state index >= 15 is 0 Å². The summed E-state index contributed by atoms with van der Waals surface area (Å²) in [5.74, 6) is 1.45. The standard InChI is InChI=1S/C15H22O3/c1-12-5-7-14(8-6-12)16-9-3-4-15-17-10-13(2)11-18-15/h5-8,13,15H,3-4,9-11H2,1-2H3. The van der Waals surface area contributed by atoms with Crippen molar-refractivity contribution in [2.45, 2.75) is 33.0 Å². The van der Waals surface area contributed by atoms with Gasteiger partial charge in [-0.05, 0) is 25.5 Å². The zero-order chi connectivity index (χ0) is 12.8. The molecule has 100 valence electrons. The third kappa shape index (κ3) is 4.31. The third-order valence-corrected chi connectivity index (χ3v) is 3.01. The fraction of sp³-hybridized carbons (Fsp3) is 0.600. The summed E-state index contributed by atoms with van der Waals surface area (Å²) in [6, 6.07) is 8.13. The summed E-state index contributed by atoms with van der Waals surface area (Å²) in [5.41, 5.74) is 1.25. The molecule has 1 fully saturated rings. The van der Waals surface area contributed by atoms with Crippen LogP contribution >= 0.6 is 0 Å². The highest BCUT2D eigenvalue weighted by molar-refractivity contribution is 5.26. The molecule has 0 amide bonds. The number of ether oxygens (including phenoxy) is 3. The molecule has 0 spiro atoms. The number of hydrogen-bond acceptors (Lipinski definition) is 3. The van der Waals surface area contributed by atoms with Gasteiger partial charge in [-0.15, -0.1) is 0 Å². The number of hydrogen-bond donors (Lipinski definition) is 0. The molecule has 2 rings (SSSR count). The van der Waals surface area contributed by atoms with Gasteiger partial charge in [0.2, 0.25) is 0 Å². The Balaban J connectivity index is 1.60. The zero-order valence-electron chi connectivity index (χ0n) is 11.2. The predicted molar refractivity (Wildman–Crippen MR) is 70.8 cm³/mol. The van der Waals surface area contributed by atoms with Gasteiger partial charge in [-0.1, -0.05) is 24.6 Å². The van der Waals surface area contributed by atoms with Crippen molar-refractivity contribution in [3.05, 3.63) is 29.8 Å². The smallest absolute Gasteiger partial charge is 0.157 e. The van der Waals surface area contributed by atoms with E-state index in [1.165, 1.54) is 5.56 Å². The molecule has 0 N–H and O–H groups in total. The summed E-state index contributed by atoms with van der Waals surface area (Å²) in [7, 11) is 0. The Hall–Kier alpha value is -1.06. The van der Waals surface area contributed by atoms with E-state index in [0.29, 0.717) is 12.5 Å². The van der Waals surface area contributed by atoms with E-state index in [4.69, 9.17) is 14.2 Å². The van der Waals surface area contributed by atoms with Gasteiger partial charge in [0.05, 0.1) is 19.8 Å². The Labute approximate surface area is 109 Å². The molecule has 0 aliphatic carbocycles. The van der Waals surface area contributed by atoms with Gasteiger partial charge in [-0.3, -0.25) is 0 Å². The first-order valence-electron chi connectivity index (χ1n) is 6.67. The molecule has 1 saturated heterocycles. The van der Waals surface area contributed by atoms with Gasteiger partial charge < -0.3 is 14.2 Å². The number of rotatable bonds is 5. The van der Waals surface area contributed by atoms with E-state index in [9.17, 15) is 0 Å². The first kappa shape index (κ1) is 13.4. The van der Waals surface area contributed by atoms with Gasteiger partial charge in [0, 0.05) is 12.3 Å². The molecule has 0 atom stereocenters. The minimum absolute atomic E-state index is 0.0391. The minimum atomic E-state index is -0.0391. The Morgan fingerprint density at radius 3 is 2.50 bits per heavy atom. The topological polar surface area (TPSA) is 27.7 Å². The molecule has 18 heavy (non-hydrogen) atoms. The molecular weight excluding hydrogens is 228 g/mol. The second-order valence-corrected chi connectivity index (χ2v) is 5.01. The second kappa shape index (κ2) is 6.76. The molecule has 1 heterocycles. The van der Waals surface area contributed by atoms with Gasteiger partial charge >= 0.3 is 0 Å². The van der Waals surface area contributed by atoms with Crippen molar-refractivity contribution in [3.8, 4) is 5.75 Å². The lowest BCUT2D eigenvalue weighted by Gasteiger charge is -2.27. The maximum atomic E-state index is 5.66. The molecule has 1 aliphatic heterocycles. The van der Waals surface area contributed by atoms with Gasteiger partial charge in [0.1, 0.15) is 5.75 Å². The van der Waals surface area contributed by atoms with Crippen LogP contribution in [0.5, 0.6) is 5.75 Å². The molecule has 0 saturated carbocycles. The summed E-state index contributed by atoms with van der Waals surface area (Å²) in [5, 5.41) is 0. The third-order valence-electron chi connectivity index (χ3n) is 3.01. The molecule has 1 aromatic carbocycles. The highest BCUT2D eigenvalue weighted by atomic mass is 16.7. The van der Waals surface area contributed by atoms with Crippen LogP contribution in [-0.2, 0) is 9.47 Å². The van der Waals surface area contributed by atoms with Crippen LogP contribution in [0.15, 0.2) is 24.3 Å². The summed E-state index contributed by atoms with van der Waals surface area (Å²) < 4.78 is 16.8. The van der Waals surface area contributed by atoms with Gasteiger partial charge in [-0.25, -0.2) is 0 Å². The molecule has 0 radical (unpaired) electrons. The fourth-order valence-electron chi connectivity index (χ4n) is 1.88. The van der Waals surface area contributed by atoms with Crippen molar-refractivity contribution in [1.29, 1.82) is 0 Å². The van der Waals surface area contributed by atoms with E-state index in [1.807, 2.05) is 12.1 Å². The molecule has 0 aromatic heterocycles. The van der Waals surface area contributed by atoms with Crippen molar-refractivity contribution in [3.63, 3.8) is 0 Å². The highest BCUT2D eigenvalue weighted by Crippen LogP contribution is 2.16. The van der Waals surface area contributed by atoms with Crippen molar-refractivity contribution >= 4 is 0 Å². The number of benzene rings is 1. The summed E-state index contributed by atoms with van der Waals surface area (Å²) in [6.07, 6.45) is 1.81. The quantitative estimate of drug-likeness (QED) is 0.751. The van der Waals surface area contributed by atoms with Gasteiger partial charge in [0.15, 0.2) is 6.29 Å². The van der Waals surface area contributed by atoms with E-state index < -0.39 is 0 Å². The molecule has 3 heteroatoms. The normalized spacial score (nSPS) is 23.9. The van der Waals surface area contributed by atoms with E-state index in [-0.39, 0.29) is 6.29 Å². The lowest BCUT2D eigenvalue weighted by molar-refractivity contribution is -0.200. The van der Waals surface area contributed by atoms with Gasteiger partial charge in [-0.2, -0.15) is 0 Å². The molecule has 0 bridgehead atoms. The van der Waals surface area contributed by atoms with Crippen molar-refractivity contribution < 1.29 is 14.2 Å². The SMILES string of the molecule is Cc1ccc(OCCCC2OCC(C)CO2)cc1. The van der Waals surface area contributed by atoms with Crippen molar-refractivity contribution in [2.75, 3.05) is 19.8 Å². The average Bonchev–Trinajstić information content (AvgIpc) is 2.39. The summed E-state index contributed by atoms with van der Waals surface area (Å²) in [4.78, 5) is 0. The average molecular weight is 250 g/mol. The molecule has 0 unspecified atom stereocenters. The molecule has 1 aromatic rings. The number of aryl methyl sites for hydroxylation is 1. The first-order valence-corrected chi connectivity index (χ1v) is 6.67. The minimum Gasteiger partial charge on any atom is -0.494 e. The fourth-order valence-corrected chi connectivity index (χ4v) is 1.88. The van der Waals surface area contributed by atoms with Crippen molar-refractivity contribution in [2.24, 2.45) is 5.92 Å². The summed E-state index contributed by atoms with van der Waals surface area (Å²) >= 11 is 0. The van der Waals surface area contributed by atoms with Gasteiger partial charge in [0.25, 0.3) is 0 Å². The van der Waals surface area contributed by atoms with E-state index in [1.54, 1.807) is 0 Å².